The number of ether oxygens (including phenoxy) is 1. The van der Waals surface area contributed by atoms with Crippen molar-refractivity contribution >= 4 is 5.97 Å². The number of rotatable bonds is 7. The third-order valence-corrected chi connectivity index (χ3v) is 2.24. The third-order valence-electron chi connectivity index (χ3n) is 2.24. The predicted octanol–water partition coefficient (Wildman–Crippen LogP) is 1.11. The molecule has 0 radical (unpaired) electrons. The van der Waals surface area contributed by atoms with Gasteiger partial charge in [-0.3, -0.25) is 4.79 Å². The first-order chi connectivity index (χ1) is 7.32. The smallest absolute Gasteiger partial charge is 0.320 e. The third kappa shape index (κ3) is 7.65. The lowest BCUT2D eigenvalue weighted by atomic mass is 10.0. The maximum Gasteiger partial charge on any atom is 0.320 e. The van der Waals surface area contributed by atoms with Crippen LogP contribution in [0, 0.1) is 5.92 Å². The summed E-state index contributed by atoms with van der Waals surface area (Å²) in [5.74, 6) is 0.314. The predicted molar refractivity (Wildman–Crippen MR) is 66.4 cm³/mol. The van der Waals surface area contributed by atoms with Crippen LogP contribution in [-0.2, 0) is 9.53 Å². The van der Waals surface area contributed by atoms with Crippen LogP contribution in [0.4, 0.5) is 0 Å². The Balaban J connectivity index is 3.97. The molecule has 4 nitrogen and oxygen atoms in total. The molecule has 96 valence electrons. The van der Waals surface area contributed by atoms with Crippen molar-refractivity contribution in [3.63, 3.8) is 0 Å². The van der Waals surface area contributed by atoms with E-state index in [-0.39, 0.29) is 18.6 Å². The Morgan fingerprint density at radius 2 is 1.81 bits per heavy atom. The highest BCUT2D eigenvalue weighted by atomic mass is 16.5. The van der Waals surface area contributed by atoms with Gasteiger partial charge in [-0.25, -0.2) is 0 Å². The molecule has 4 heteroatoms. The largest absolute Gasteiger partial charge is 0.462 e. The van der Waals surface area contributed by atoms with E-state index in [9.17, 15) is 4.79 Å². The fourth-order valence-corrected chi connectivity index (χ4v) is 1.42. The van der Waals surface area contributed by atoms with Gasteiger partial charge in [0, 0.05) is 12.6 Å². The van der Waals surface area contributed by atoms with Crippen LogP contribution in [0.15, 0.2) is 0 Å². The highest BCUT2D eigenvalue weighted by Gasteiger charge is 2.15. The normalized spacial score (nSPS) is 13.6. The van der Waals surface area contributed by atoms with Gasteiger partial charge in [-0.15, -0.1) is 0 Å². The summed E-state index contributed by atoms with van der Waals surface area (Å²) in [6.45, 7) is 9.22. The van der Waals surface area contributed by atoms with Gasteiger partial charge in [0.25, 0.3) is 0 Å². The van der Waals surface area contributed by atoms with E-state index in [0.29, 0.717) is 12.0 Å². The second-order valence-corrected chi connectivity index (χ2v) is 5.03. The molecule has 0 bridgehead atoms. The van der Waals surface area contributed by atoms with E-state index in [2.05, 4.69) is 24.1 Å². The van der Waals surface area contributed by atoms with Gasteiger partial charge in [-0.05, 0) is 33.9 Å². The van der Waals surface area contributed by atoms with Gasteiger partial charge < -0.3 is 15.0 Å². The Kier molecular flexibility index (Phi) is 7.34. The van der Waals surface area contributed by atoms with Crippen molar-refractivity contribution in [2.75, 3.05) is 27.2 Å². The molecule has 0 amide bonds. The number of hydrogen-bond donors (Lipinski definition) is 1. The minimum Gasteiger partial charge on any atom is -0.462 e. The maximum atomic E-state index is 11.4. The van der Waals surface area contributed by atoms with Gasteiger partial charge in [-0.2, -0.15) is 0 Å². The molecule has 0 saturated carbocycles. The van der Waals surface area contributed by atoms with Crippen LogP contribution in [0.2, 0.25) is 0 Å². The van der Waals surface area contributed by atoms with E-state index < -0.39 is 0 Å². The monoisotopic (exact) mass is 230 g/mol. The molecule has 0 aromatic heterocycles. The van der Waals surface area contributed by atoms with E-state index in [1.54, 1.807) is 0 Å². The van der Waals surface area contributed by atoms with Crippen LogP contribution in [-0.4, -0.2) is 50.2 Å². The molecule has 16 heavy (non-hydrogen) atoms. The first-order valence-electron chi connectivity index (χ1n) is 5.90. The highest BCUT2D eigenvalue weighted by molar-refractivity contribution is 5.71. The number of carbonyl (C=O) groups is 1. The molecule has 1 atom stereocenters. The quantitative estimate of drug-likeness (QED) is 0.665. The summed E-state index contributed by atoms with van der Waals surface area (Å²) < 4.78 is 5.07. The molecule has 0 saturated heterocycles. The lowest BCUT2D eigenvalue weighted by Gasteiger charge is -2.25. The number of nitrogens with zero attached hydrogens (tertiary/aromatic N) is 1. The van der Waals surface area contributed by atoms with Gasteiger partial charge in [0.05, 0.1) is 12.6 Å². The average Bonchev–Trinajstić information content (AvgIpc) is 2.09. The number of nitrogens with one attached hydrogen (secondary N) is 1. The Morgan fingerprint density at radius 1 is 1.25 bits per heavy atom. The fraction of sp³-hybridized carbons (Fsp3) is 0.917. The summed E-state index contributed by atoms with van der Waals surface area (Å²) in [6, 6.07) is 0.315. The number of carbonyl (C=O) groups excluding carboxylic acids is 1. The lowest BCUT2D eigenvalue weighted by molar-refractivity contribution is -0.146. The van der Waals surface area contributed by atoms with Gasteiger partial charge in [0.15, 0.2) is 0 Å². The molecular formula is C12H26N2O2. The molecule has 0 aromatic rings. The van der Waals surface area contributed by atoms with Crippen molar-refractivity contribution in [3.8, 4) is 0 Å². The Bertz CT molecular complexity index is 203. The minimum atomic E-state index is -0.181. The second kappa shape index (κ2) is 7.63. The highest BCUT2D eigenvalue weighted by Crippen LogP contribution is 2.02. The van der Waals surface area contributed by atoms with Crippen molar-refractivity contribution in [1.82, 2.24) is 10.2 Å². The van der Waals surface area contributed by atoms with Gasteiger partial charge in [-0.1, -0.05) is 13.8 Å². The zero-order valence-corrected chi connectivity index (χ0v) is 11.4. The summed E-state index contributed by atoms with van der Waals surface area (Å²) in [6.07, 6.45) is -0.0411. The number of esters is 1. The van der Waals surface area contributed by atoms with Gasteiger partial charge in [0.1, 0.15) is 0 Å². The zero-order chi connectivity index (χ0) is 12.7. The SMILES string of the molecule is CC(C)OC(=O)CNC(CN(C)C)C(C)C. The maximum absolute atomic E-state index is 11.4. The second-order valence-electron chi connectivity index (χ2n) is 5.03. The van der Waals surface area contributed by atoms with Crippen molar-refractivity contribution in [2.24, 2.45) is 5.92 Å². The van der Waals surface area contributed by atoms with E-state index in [1.807, 2.05) is 27.9 Å². The molecule has 0 rings (SSSR count). The van der Waals surface area contributed by atoms with Crippen LogP contribution in [0.3, 0.4) is 0 Å². The van der Waals surface area contributed by atoms with Crippen molar-refractivity contribution in [2.45, 2.75) is 39.8 Å². The Morgan fingerprint density at radius 3 is 2.19 bits per heavy atom. The molecule has 1 unspecified atom stereocenters. The Labute approximate surface area is 99.3 Å². The topological polar surface area (TPSA) is 41.6 Å². The van der Waals surface area contributed by atoms with Crippen LogP contribution >= 0.6 is 0 Å². The molecule has 0 aromatic carbocycles. The van der Waals surface area contributed by atoms with E-state index in [4.69, 9.17) is 4.74 Å². The molecule has 0 aliphatic heterocycles. The first-order valence-corrected chi connectivity index (χ1v) is 5.90. The van der Waals surface area contributed by atoms with Crippen LogP contribution in [0.1, 0.15) is 27.7 Å². The Hall–Kier alpha value is -0.610. The van der Waals surface area contributed by atoms with E-state index >= 15 is 0 Å². The molecule has 0 spiro atoms. The summed E-state index contributed by atoms with van der Waals surface area (Å²) in [7, 11) is 4.06. The average molecular weight is 230 g/mol. The molecule has 0 fully saturated rings. The number of likely N-dealkylation sites (N-methyl/N-ethyl adjacent to an activating group) is 1. The molecular weight excluding hydrogens is 204 g/mol. The zero-order valence-electron chi connectivity index (χ0n) is 11.4. The summed E-state index contributed by atoms with van der Waals surface area (Å²) in [4.78, 5) is 13.5. The first kappa shape index (κ1) is 15.4. The summed E-state index contributed by atoms with van der Waals surface area (Å²) in [5.41, 5.74) is 0. The van der Waals surface area contributed by atoms with Crippen molar-refractivity contribution in [3.05, 3.63) is 0 Å². The molecule has 0 aliphatic rings. The summed E-state index contributed by atoms with van der Waals surface area (Å²) >= 11 is 0. The van der Waals surface area contributed by atoms with Crippen molar-refractivity contribution in [1.29, 1.82) is 0 Å². The van der Waals surface area contributed by atoms with E-state index in [1.165, 1.54) is 0 Å². The van der Waals surface area contributed by atoms with E-state index in [0.717, 1.165) is 6.54 Å². The lowest BCUT2D eigenvalue weighted by Crippen LogP contribution is -2.44. The van der Waals surface area contributed by atoms with Crippen LogP contribution < -0.4 is 5.32 Å². The molecule has 0 aliphatic carbocycles. The van der Waals surface area contributed by atoms with Gasteiger partial charge in [0.2, 0.25) is 0 Å². The van der Waals surface area contributed by atoms with Crippen LogP contribution in [0.25, 0.3) is 0 Å². The molecule has 1 N–H and O–H groups in total. The standard InChI is InChI=1S/C12H26N2O2/c1-9(2)11(8-14(5)6)13-7-12(15)16-10(3)4/h9-11,13H,7-8H2,1-6H3. The van der Waals surface area contributed by atoms with Crippen LogP contribution in [0.5, 0.6) is 0 Å². The summed E-state index contributed by atoms with van der Waals surface area (Å²) in [5, 5.41) is 3.24. The minimum absolute atomic E-state index is 0.0411. The van der Waals surface area contributed by atoms with Gasteiger partial charge >= 0.3 is 5.97 Å². The molecule has 0 heterocycles. The van der Waals surface area contributed by atoms with Crippen molar-refractivity contribution < 1.29 is 9.53 Å². The fourth-order valence-electron chi connectivity index (χ4n) is 1.42. The number of hydrogen-bond acceptors (Lipinski definition) is 4.